The highest BCUT2D eigenvalue weighted by Crippen LogP contribution is 2.29. The molecule has 1 aromatic carbocycles. The molecule has 0 saturated carbocycles. The molecule has 0 radical (unpaired) electrons. The highest BCUT2D eigenvalue weighted by Gasteiger charge is 2.41. The quantitative estimate of drug-likeness (QED) is 0.302. The number of rotatable bonds is 10. The van der Waals surface area contributed by atoms with Gasteiger partial charge in [0.2, 0.25) is 17.7 Å². The van der Waals surface area contributed by atoms with Gasteiger partial charge in [-0.25, -0.2) is 4.79 Å². The van der Waals surface area contributed by atoms with Crippen LogP contribution in [0, 0.1) is 11.3 Å². The molecule has 0 aromatic heterocycles. The average molecular weight is 601 g/mol. The molecule has 0 bridgehead atoms. The Bertz CT molecular complexity index is 1100. The Morgan fingerprint density at radius 1 is 0.929 bits per heavy atom. The van der Waals surface area contributed by atoms with Crippen molar-refractivity contribution in [3.05, 3.63) is 47.5 Å². The molecule has 0 spiro atoms. The van der Waals surface area contributed by atoms with E-state index in [4.69, 9.17) is 9.90 Å². The zero-order valence-electron chi connectivity index (χ0n) is 26.4. The summed E-state index contributed by atoms with van der Waals surface area (Å²) in [6.45, 7) is 15.6. The van der Waals surface area contributed by atoms with Crippen molar-refractivity contribution in [2.75, 3.05) is 21.1 Å². The first-order valence-electron chi connectivity index (χ1n) is 13.5. The molecule has 0 aliphatic rings. The predicted octanol–water partition coefficient (Wildman–Crippen LogP) is 3.89. The molecular formula is C30H47F3N4O5. The lowest BCUT2D eigenvalue weighted by molar-refractivity contribution is -0.192. The van der Waals surface area contributed by atoms with Crippen LogP contribution in [0.2, 0.25) is 0 Å². The molecule has 0 unspecified atom stereocenters. The smallest absolute Gasteiger partial charge is 0.475 e. The highest BCUT2D eigenvalue weighted by atomic mass is 19.4. The molecule has 3 amide bonds. The molecular weight excluding hydrogens is 553 g/mol. The number of carboxylic acids is 1. The van der Waals surface area contributed by atoms with E-state index in [0.29, 0.717) is 5.57 Å². The Morgan fingerprint density at radius 2 is 1.40 bits per heavy atom. The molecule has 3 atom stereocenters. The molecule has 12 heteroatoms. The number of nitrogens with zero attached hydrogens (tertiary/aromatic N) is 1. The molecule has 0 heterocycles. The molecule has 238 valence electrons. The largest absolute Gasteiger partial charge is 0.490 e. The molecule has 1 rings (SSSR count). The van der Waals surface area contributed by atoms with Crippen molar-refractivity contribution in [1.82, 2.24) is 20.9 Å². The van der Waals surface area contributed by atoms with Crippen LogP contribution in [-0.2, 0) is 24.6 Å². The maximum Gasteiger partial charge on any atom is 0.490 e. The Labute approximate surface area is 247 Å². The van der Waals surface area contributed by atoms with Crippen molar-refractivity contribution < 1.29 is 37.5 Å². The Hall–Kier alpha value is -3.41. The van der Waals surface area contributed by atoms with Crippen LogP contribution < -0.4 is 16.0 Å². The number of nitrogens with one attached hydrogen (secondary N) is 3. The molecule has 42 heavy (non-hydrogen) atoms. The number of halogens is 3. The van der Waals surface area contributed by atoms with Crippen molar-refractivity contribution in [3.8, 4) is 0 Å². The Morgan fingerprint density at radius 3 is 1.76 bits per heavy atom. The van der Waals surface area contributed by atoms with Gasteiger partial charge in [-0.3, -0.25) is 14.4 Å². The van der Waals surface area contributed by atoms with E-state index in [9.17, 15) is 27.6 Å². The first-order valence-corrected chi connectivity index (χ1v) is 13.5. The second-order valence-electron chi connectivity index (χ2n) is 12.0. The number of carbonyl (C=O) groups excluding carboxylic acids is 3. The number of carboxylic acid groups (broad SMARTS) is 1. The zero-order valence-corrected chi connectivity index (χ0v) is 26.4. The first kappa shape index (κ1) is 38.6. The van der Waals surface area contributed by atoms with E-state index >= 15 is 0 Å². The average Bonchev–Trinajstić information content (AvgIpc) is 2.88. The Kier molecular flexibility index (Phi) is 14.4. The molecule has 0 fully saturated rings. The lowest BCUT2D eigenvalue weighted by atomic mass is 9.76. The van der Waals surface area contributed by atoms with Gasteiger partial charge < -0.3 is 26.0 Å². The van der Waals surface area contributed by atoms with Crippen LogP contribution >= 0.6 is 0 Å². The first-order chi connectivity index (χ1) is 19.0. The maximum atomic E-state index is 13.8. The number of amides is 3. The molecule has 0 aliphatic carbocycles. The summed E-state index contributed by atoms with van der Waals surface area (Å²) in [6.07, 6.45) is -3.27. The lowest BCUT2D eigenvalue weighted by Gasteiger charge is -2.40. The van der Waals surface area contributed by atoms with Gasteiger partial charge in [-0.2, -0.15) is 13.2 Å². The van der Waals surface area contributed by atoms with Gasteiger partial charge in [0.25, 0.3) is 0 Å². The van der Waals surface area contributed by atoms with Crippen LogP contribution in [-0.4, -0.2) is 79.1 Å². The third kappa shape index (κ3) is 11.1. The van der Waals surface area contributed by atoms with Gasteiger partial charge in [-0.1, -0.05) is 84.9 Å². The topological polar surface area (TPSA) is 128 Å². The van der Waals surface area contributed by atoms with Gasteiger partial charge in [0.15, 0.2) is 0 Å². The fraction of sp³-hybridized carbons (Fsp3) is 0.600. The Balaban J connectivity index is 0.00000212. The van der Waals surface area contributed by atoms with Crippen molar-refractivity contribution in [3.63, 3.8) is 0 Å². The van der Waals surface area contributed by atoms with Gasteiger partial charge in [0, 0.05) is 25.1 Å². The van der Waals surface area contributed by atoms with Crippen molar-refractivity contribution in [2.24, 2.45) is 11.3 Å². The standard InChI is InChI=1S/C28H46N4O3.C2HF3O2/c1-18(2)21(17-19(3)24(33)30-10)32(11)26(35)23(27(4,5)6)31-25(34)22(29-9)28(7,8)20-15-13-12-14-16-20;3-2(4,5)1(6)7/h12-18,21-23,29H,1-11H3,(H,30,33)(H,31,34);(H,6,7)/t21-,22-,23-;/m1./s1. The SMILES string of the molecule is CNC(=O)C(C)=C[C@H](C(C)C)N(C)C(=O)[C@@H](NC(=O)[C@@H](NC)C(C)(C)c1ccccc1)C(C)(C)C.O=C(O)C(F)(F)F. The van der Waals surface area contributed by atoms with Crippen molar-refractivity contribution in [2.45, 2.75) is 85.1 Å². The number of hydrogen-bond donors (Lipinski definition) is 4. The van der Waals surface area contributed by atoms with Crippen molar-refractivity contribution in [1.29, 1.82) is 0 Å². The van der Waals surface area contributed by atoms with Gasteiger partial charge in [-0.05, 0) is 30.9 Å². The lowest BCUT2D eigenvalue weighted by Crippen LogP contribution is -2.61. The van der Waals surface area contributed by atoms with E-state index in [2.05, 4.69) is 16.0 Å². The molecule has 0 aliphatic heterocycles. The van der Waals surface area contributed by atoms with Crippen LogP contribution in [0.15, 0.2) is 42.0 Å². The number of carbonyl (C=O) groups is 4. The number of aliphatic carboxylic acids is 1. The number of benzene rings is 1. The van der Waals surface area contributed by atoms with Gasteiger partial charge in [0.1, 0.15) is 6.04 Å². The summed E-state index contributed by atoms with van der Waals surface area (Å²) in [5.74, 6) is -3.30. The van der Waals surface area contributed by atoms with E-state index in [1.54, 1.807) is 33.0 Å². The summed E-state index contributed by atoms with van der Waals surface area (Å²) in [6, 6.07) is 8.27. The summed E-state index contributed by atoms with van der Waals surface area (Å²) in [5.41, 5.74) is 0.532. The summed E-state index contributed by atoms with van der Waals surface area (Å²) in [5, 5.41) is 16.0. The monoisotopic (exact) mass is 600 g/mol. The van der Waals surface area contributed by atoms with E-state index in [-0.39, 0.29) is 29.7 Å². The highest BCUT2D eigenvalue weighted by molar-refractivity contribution is 5.93. The molecule has 9 nitrogen and oxygen atoms in total. The van der Waals surface area contributed by atoms with E-state index in [1.165, 1.54) is 0 Å². The minimum absolute atomic E-state index is 0.0712. The normalized spacial score (nSPS) is 14.6. The van der Waals surface area contributed by atoms with Gasteiger partial charge >= 0.3 is 12.1 Å². The van der Waals surface area contributed by atoms with Crippen LogP contribution in [0.25, 0.3) is 0 Å². The van der Waals surface area contributed by atoms with Gasteiger partial charge in [-0.15, -0.1) is 0 Å². The fourth-order valence-electron chi connectivity index (χ4n) is 4.36. The van der Waals surface area contributed by atoms with Crippen LogP contribution in [0.3, 0.4) is 0 Å². The number of alkyl halides is 3. The minimum Gasteiger partial charge on any atom is -0.475 e. The second kappa shape index (κ2) is 15.7. The molecule has 4 N–H and O–H groups in total. The summed E-state index contributed by atoms with van der Waals surface area (Å²) in [7, 11) is 5.07. The van der Waals surface area contributed by atoms with Crippen LogP contribution in [0.5, 0.6) is 0 Å². The zero-order chi connectivity index (χ0) is 33.2. The molecule has 1 aromatic rings. The van der Waals surface area contributed by atoms with Crippen molar-refractivity contribution >= 4 is 23.7 Å². The number of likely N-dealkylation sites (N-methyl/N-ethyl adjacent to an activating group) is 3. The van der Waals surface area contributed by atoms with Gasteiger partial charge in [0.05, 0.1) is 12.1 Å². The summed E-state index contributed by atoms with van der Waals surface area (Å²) < 4.78 is 31.7. The number of hydrogen-bond acceptors (Lipinski definition) is 5. The third-order valence-electron chi connectivity index (χ3n) is 6.92. The maximum absolute atomic E-state index is 13.8. The van der Waals surface area contributed by atoms with E-state index in [0.717, 1.165) is 5.56 Å². The molecule has 0 saturated heterocycles. The van der Waals surface area contributed by atoms with E-state index in [1.807, 2.05) is 84.9 Å². The second-order valence-corrected chi connectivity index (χ2v) is 12.0. The van der Waals surface area contributed by atoms with Crippen LogP contribution in [0.4, 0.5) is 13.2 Å². The van der Waals surface area contributed by atoms with Crippen LogP contribution in [0.1, 0.15) is 61.0 Å². The third-order valence-corrected chi connectivity index (χ3v) is 6.92. The summed E-state index contributed by atoms with van der Waals surface area (Å²) in [4.78, 5) is 50.0. The van der Waals surface area contributed by atoms with E-state index < -0.39 is 35.1 Å². The minimum atomic E-state index is -5.08. The summed E-state index contributed by atoms with van der Waals surface area (Å²) >= 11 is 0. The fourth-order valence-corrected chi connectivity index (χ4v) is 4.36. The predicted molar refractivity (Wildman–Crippen MR) is 157 cm³/mol.